The van der Waals surface area contributed by atoms with Crippen molar-refractivity contribution in [1.82, 2.24) is 0 Å². The van der Waals surface area contributed by atoms with Crippen molar-refractivity contribution in [3.63, 3.8) is 0 Å². The standard InChI is InChI=1S/C6H11I/c1-5-3-2-4-6(5)7/h5-6H,2-4H2,1H3/t5?,6-/m0/s1. The molecule has 0 aromatic rings. The lowest BCUT2D eigenvalue weighted by Gasteiger charge is -2.03. The Morgan fingerprint density at radius 1 is 1.43 bits per heavy atom. The van der Waals surface area contributed by atoms with E-state index >= 15 is 0 Å². The minimum atomic E-state index is 0.984. The molecule has 42 valence electrons. The van der Waals surface area contributed by atoms with Gasteiger partial charge in [0.05, 0.1) is 0 Å². The Hall–Kier alpha value is 0.730. The van der Waals surface area contributed by atoms with E-state index in [-0.39, 0.29) is 0 Å². The minimum Gasteiger partial charge on any atom is -0.0823 e. The van der Waals surface area contributed by atoms with Crippen LogP contribution in [0.2, 0.25) is 0 Å². The Kier molecular flexibility index (Phi) is 1.95. The molecule has 1 heteroatoms. The number of hydrogen-bond donors (Lipinski definition) is 0. The molecule has 0 radical (unpaired) electrons. The molecule has 1 saturated carbocycles. The van der Waals surface area contributed by atoms with E-state index in [0.29, 0.717) is 0 Å². The third-order valence-electron chi connectivity index (χ3n) is 1.76. The van der Waals surface area contributed by atoms with Gasteiger partial charge in [0.25, 0.3) is 0 Å². The molecule has 0 aromatic carbocycles. The monoisotopic (exact) mass is 210 g/mol. The van der Waals surface area contributed by atoms with E-state index in [1.165, 1.54) is 19.3 Å². The van der Waals surface area contributed by atoms with Crippen LogP contribution in [0.15, 0.2) is 0 Å². The molecule has 1 fully saturated rings. The van der Waals surface area contributed by atoms with Crippen LogP contribution in [0.3, 0.4) is 0 Å². The van der Waals surface area contributed by atoms with Gasteiger partial charge in [-0.05, 0) is 18.8 Å². The topological polar surface area (TPSA) is 0 Å². The van der Waals surface area contributed by atoms with Crippen LogP contribution in [-0.2, 0) is 0 Å². The van der Waals surface area contributed by atoms with Gasteiger partial charge in [0.1, 0.15) is 0 Å². The first-order chi connectivity index (χ1) is 3.30. The van der Waals surface area contributed by atoms with E-state index < -0.39 is 0 Å². The molecule has 0 bridgehead atoms. The summed E-state index contributed by atoms with van der Waals surface area (Å²) in [7, 11) is 0. The lowest BCUT2D eigenvalue weighted by molar-refractivity contribution is 0.638. The Labute approximate surface area is 58.8 Å². The van der Waals surface area contributed by atoms with Crippen molar-refractivity contribution in [2.45, 2.75) is 30.1 Å². The molecule has 1 rings (SSSR count). The van der Waals surface area contributed by atoms with E-state index in [1.54, 1.807) is 0 Å². The molecule has 0 saturated heterocycles. The zero-order valence-corrected chi connectivity index (χ0v) is 6.81. The summed E-state index contributed by atoms with van der Waals surface area (Å²) in [5.41, 5.74) is 0. The molecule has 0 heterocycles. The summed E-state index contributed by atoms with van der Waals surface area (Å²) in [6.45, 7) is 2.35. The predicted molar refractivity (Wildman–Crippen MR) is 40.8 cm³/mol. The Bertz CT molecular complexity index is 53.2. The van der Waals surface area contributed by atoms with Gasteiger partial charge in [-0.25, -0.2) is 0 Å². The largest absolute Gasteiger partial charge is 0.0823 e. The van der Waals surface area contributed by atoms with Crippen LogP contribution >= 0.6 is 22.6 Å². The molecular weight excluding hydrogens is 199 g/mol. The highest BCUT2D eigenvalue weighted by molar-refractivity contribution is 14.1. The second-order valence-corrected chi connectivity index (χ2v) is 4.02. The van der Waals surface area contributed by atoms with Crippen molar-refractivity contribution in [1.29, 1.82) is 0 Å². The van der Waals surface area contributed by atoms with Crippen LogP contribution in [0.1, 0.15) is 26.2 Å². The van der Waals surface area contributed by atoms with Gasteiger partial charge in [0, 0.05) is 3.92 Å². The van der Waals surface area contributed by atoms with Gasteiger partial charge in [0.2, 0.25) is 0 Å². The second-order valence-electron chi connectivity index (χ2n) is 2.42. The summed E-state index contributed by atoms with van der Waals surface area (Å²) < 4.78 is 0.984. The molecule has 0 spiro atoms. The van der Waals surface area contributed by atoms with Crippen LogP contribution in [0.25, 0.3) is 0 Å². The summed E-state index contributed by atoms with van der Waals surface area (Å²) in [6.07, 6.45) is 4.39. The van der Waals surface area contributed by atoms with Crippen molar-refractivity contribution < 1.29 is 0 Å². The van der Waals surface area contributed by atoms with Gasteiger partial charge in [0.15, 0.2) is 0 Å². The molecule has 7 heavy (non-hydrogen) atoms. The minimum absolute atomic E-state index is 0.984. The molecular formula is C6H11I. The summed E-state index contributed by atoms with van der Waals surface area (Å²) in [6, 6.07) is 0. The van der Waals surface area contributed by atoms with E-state index in [0.717, 1.165) is 9.84 Å². The normalized spacial score (nSPS) is 42.0. The summed E-state index contributed by atoms with van der Waals surface area (Å²) in [4.78, 5) is 0. The van der Waals surface area contributed by atoms with Gasteiger partial charge in [-0.15, -0.1) is 0 Å². The molecule has 1 aliphatic carbocycles. The lowest BCUT2D eigenvalue weighted by atomic mass is 10.1. The number of hydrogen-bond acceptors (Lipinski definition) is 0. The van der Waals surface area contributed by atoms with Crippen molar-refractivity contribution in [2.24, 2.45) is 5.92 Å². The Morgan fingerprint density at radius 2 is 2.14 bits per heavy atom. The molecule has 0 nitrogen and oxygen atoms in total. The molecule has 0 amide bonds. The Balaban J connectivity index is 2.33. The fraction of sp³-hybridized carbons (Fsp3) is 1.00. The quantitative estimate of drug-likeness (QED) is 0.425. The van der Waals surface area contributed by atoms with Crippen LogP contribution in [-0.4, -0.2) is 3.92 Å². The highest BCUT2D eigenvalue weighted by Crippen LogP contribution is 2.30. The number of rotatable bonds is 0. The molecule has 0 N–H and O–H groups in total. The summed E-state index contributed by atoms with van der Waals surface area (Å²) in [5, 5.41) is 0. The molecule has 1 aliphatic rings. The zero-order valence-electron chi connectivity index (χ0n) is 4.65. The maximum absolute atomic E-state index is 2.56. The molecule has 2 atom stereocenters. The van der Waals surface area contributed by atoms with E-state index in [4.69, 9.17) is 0 Å². The van der Waals surface area contributed by atoms with Gasteiger partial charge < -0.3 is 0 Å². The van der Waals surface area contributed by atoms with E-state index in [9.17, 15) is 0 Å². The third kappa shape index (κ3) is 1.31. The highest BCUT2D eigenvalue weighted by Gasteiger charge is 2.19. The zero-order chi connectivity index (χ0) is 5.28. The maximum atomic E-state index is 2.56. The second kappa shape index (κ2) is 2.33. The fourth-order valence-electron chi connectivity index (χ4n) is 1.10. The van der Waals surface area contributed by atoms with Gasteiger partial charge >= 0.3 is 0 Å². The van der Waals surface area contributed by atoms with Crippen LogP contribution in [0.4, 0.5) is 0 Å². The van der Waals surface area contributed by atoms with Crippen LogP contribution in [0.5, 0.6) is 0 Å². The summed E-state index contributed by atoms with van der Waals surface area (Å²) in [5.74, 6) is 1.00. The maximum Gasteiger partial charge on any atom is 0.0135 e. The lowest BCUT2D eigenvalue weighted by Crippen LogP contribution is -1.98. The fourth-order valence-corrected chi connectivity index (χ4v) is 1.90. The molecule has 1 unspecified atom stereocenters. The van der Waals surface area contributed by atoms with E-state index in [1.807, 2.05) is 0 Å². The SMILES string of the molecule is CC1CCC[C@@H]1I. The Morgan fingerprint density at radius 3 is 2.29 bits per heavy atom. The van der Waals surface area contributed by atoms with Gasteiger partial charge in [-0.2, -0.15) is 0 Å². The number of halogens is 1. The average molecular weight is 210 g/mol. The van der Waals surface area contributed by atoms with Crippen LogP contribution in [0, 0.1) is 5.92 Å². The van der Waals surface area contributed by atoms with Gasteiger partial charge in [-0.3, -0.25) is 0 Å². The van der Waals surface area contributed by atoms with Gasteiger partial charge in [-0.1, -0.05) is 35.9 Å². The number of alkyl halides is 1. The smallest absolute Gasteiger partial charge is 0.0135 e. The molecule has 0 aromatic heterocycles. The van der Waals surface area contributed by atoms with E-state index in [2.05, 4.69) is 29.5 Å². The third-order valence-corrected chi connectivity index (χ3v) is 3.61. The average Bonchev–Trinajstić information content (AvgIpc) is 1.91. The van der Waals surface area contributed by atoms with Crippen LogP contribution < -0.4 is 0 Å². The van der Waals surface area contributed by atoms with Crippen molar-refractivity contribution >= 4 is 22.6 Å². The summed E-state index contributed by atoms with van der Waals surface area (Å²) >= 11 is 2.56. The highest BCUT2D eigenvalue weighted by atomic mass is 127. The first-order valence-electron chi connectivity index (χ1n) is 2.95. The predicted octanol–water partition coefficient (Wildman–Crippen LogP) is 2.61. The first kappa shape index (κ1) is 5.86. The van der Waals surface area contributed by atoms with Crippen molar-refractivity contribution in [3.05, 3.63) is 0 Å². The molecule has 0 aliphatic heterocycles. The first-order valence-corrected chi connectivity index (χ1v) is 4.19. The van der Waals surface area contributed by atoms with Crippen molar-refractivity contribution in [2.75, 3.05) is 0 Å². The van der Waals surface area contributed by atoms with Crippen molar-refractivity contribution in [3.8, 4) is 0 Å².